The van der Waals surface area contributed by atoms with Gasteiger partial charge in [0.05, 0.1) is 14.2 Å². The smallest absolute Gasteiger partial charge is 0.161 e. The van der Waals surface area contributed by atoms with Crippen LogP contribution < -0.4 is 9.47 Å². The summed E-state index contributed by atoms with van der Waals surface area (Å²) in [6.45, 7) is 0. The molecule has 2 rings (SSSR count). The second-order valence-electron chi connectivity index (χ2n) is 4.07. The molecular weight excluding hydrogens is 355 g/mol. The number of halogens is 1. The number of hydrogen-bond donors (Lipinski definition) is 1. The summed E-state index contributed by atoms with van der Waals surface area (Å²) >= 11 is 2.23. The van der Waals surface area contributed by atoms with E-state index in [0.717, 1.165) is 14.7 Å². The maximum Gasteiger partial charge on any atom is 0.161 e. The van der Waals surface area contributed by atoms with Crippen molar-refractivity contribution in [3.63, 3.8) is 0 Å². The molecule has 1 unspecified atom stereocenters. The highest BCUT2D eigenvalue weighted by atomic mass is 127. The molecule has 0 amide bonds. The fraction of sp³-hybridized carbons (Fsp3) is 0.200. The van der Waals surface area contributed by atoms with E-state index in [2.05, 4.69) is 22.6 Å². The summed E-state index contributed by atoms with van der Waals surface area (Å²) in [5.74, 6) is 1.27. The third-order valence-electron chi connectivity index (χ3n) is 2.89. The van der Waals surface area contributed by atoms with Crippen LogP contribution in [0, 0.1) is 3.57 Å². The number of benzene rings is 2. The normalized spacial score (nSPS) is 12.0. The maximum atomic E-state index is 10.4. The van der Waals surface area contributed by atoms with Crippen LogP contribution in [0.2, 0.25) is 0 Å². The Labute approximate surface area is 126 Å². The van der Waals surface area contributed by atoms with Crippen LogP contribution in [0.4, 0.5) is 0 Å². The zero-order valence-electron chi connectivity index (χ0n) is 10.8. The first kappa shape index (κ1) is 14.1. The summed E-state index contributed by atoms with van der Waals surface area (Å²) in [4.78, 5) is 0. The van der Waals surface area contributed by atoms with Crippen LogP contribution in [0.1, 0.15) is 17.2 Å². The molecule has 0 saturated carbocycles. The number of methoxy groups -OCH3 is 2. The van der Waals surface area contributed by atoms with Gasteiger partial charge in [0.2, 0.25) is 0 Å². The number of aliphatic hydroxyl groups is 1. The van der Waals surface area contributed by atoms with Gasteiger partial charge in [-0.3, -0.25) is 0 Å². The van der Waals surface area contributed by atoms with Gasteiger partial charge in [0.1, 0.15) is 6.10 Å². The zero-order valence-corrected chi connectivity index (χ0v) is 12.9. The average Bonchev–Trinajstić information content (AvgIpc) is 2.45. The molecule has 1 atom stereocenters. The molecule has 0 radical (unpaired) electrons. The standard InChI is InChI=1S/C15H15IO3/c1-18-13-7-6-11(9-14(13)19-2)15(17)10-4-3-5-12(16)8-10/h3-9,15,17H,1-2H3. The predicted molar refractivity (Wildman–Crippen MR) is 82.8 cm³/mol. The molecule has 2 aromatic carbocycles. The van der Waals surface area contributed by atoms with Crippen molar-refractivity contribution < 1.29 is 14.6 Å². The Bertz CT molecular complexity index is 569. The lowest BCUT2D eigenvalue weighted by molar-refractivity contribution is 0.219. The van der Waals surface area contributed by atoms with Crippen LogP contribution in [0.25, 0.3) is 0 Å². The van der Waals surface area contributed by atoms with E-state index < -0.39 is 6.10 Å². The van der Waals surface area contributed by atoms with Crippen molar-refractivity contribution >= 4 is 22.6 Å². The molecule has 0 spiro atoms. The highest BCUT2D eigenvalue weighted by Gasteiger charge is 2.13. The van der Waals surface area contributed by atoms with Gasteiger partial charge < -0.3 is 14.6 Å². The van der Waals surface area contributed by atoms with Crippen molar-refractivity contribution in [3.8, 4) is 11.5 Å². The Morgan fingerprint density at radius 1 is 0.947 bits per heavy atom. The number of ether oxygens (including phenoxy) is 2. The first-order chi connectivity index (χ1) is 9.15. The molecule has 0 fully saturated rings. The minimum Gasteiger partial charge on any atom is -0.493 e. The molecule has 4 heteroatoms. The predicted octanol–water partition coefficient (Wildman–Crippen LogP) is 3.39. The quantitative estimate of drug-likeness (QED) is 0.839. The fourth-order valence-electron chi connectivity index (χ4n) is 1.89. The van der Waals surface area contributed by atoms with E-state index in [1.165, 1.54) is 0 Å². The highest BCUT2D eigenvalue weighted by Crippen LogP contribution is 2.32. The number of hydrogen-bond acceptors (Lipinski definition) is 3. The van der Waals surface area contributed by atoms with Crippen LogP contribution in [0.15, 0.2) is 42.5 Å². The number of aliphatic hydroxyl groups excluding tert-OH is 1. The Morgan fingerprint density at radius 3 is 2.26 bits per heavy atom. The molecule has 0 aliphatic rings. The molecule has 0 bridgehead atoms. The maximum absolute atomic E-state index is 10.4. The molecule has 1 N–H and O–H groups in total. The third kappa shape index (κ3) is 3.19. The van der Waals surface area contributed by atoms with Crippen LogP contribution in [-0.2, 0) is 0 Å². The lowest BCUT2D eigenvalue weighted by Gasteiger charge is -2.14. The van der Waals surface area contributed by atoms with Crippen molar-refractivity contribution in [3.05, 3.63) is 57.2 Å². The molecule has 19 heavy (non-hydrogen) atoms. The Balaban J connectivity index is 2.36. The largest absolute Gasteiger partial charge is 0.493 e. The molecule has 100 valence electrons. The van der Waals surface area contributed by atoms with Crippen molar-refractivity contribution in [2.45, 2.75) is 6.10 Å². The van der Waals surface area contributed by atoms with Gasteiger partial charge in [-0.15, -0.1) is 0 Å². The van der Waals surface area contributed by atoms with Gasteiger partial charge in [-0.25, -0.2) is 0 Å². The lowest BCUT2D eigenvalue weighted by Crippen LogP contribution is -2.01. The Hall–Kier alpha value is -1.27. The van der Waals surface area contributed by atoms with E-state index in [-0.39, 0.29) is 0 Å². The first-order valence-electron chi connectivity index (χ1n) is 5.81. The SMILES string of the molecule is COc1ccc(C(O)c2cccc(I)c2)cc1OC. The molecule has 0 heterocycles. The van der Waals surface area contributed by atoms with Gasteiger partial charge in [-0.2, -0.15) is 0 Å². The van der Waals surface area contributed by atoms with Gasteiger partial charge in [0, 0.05) is 3.57 Å². The van der Waals surface area contributed by atoms with Gasteiger partial charge in [0.15, 0.2) is 11.5 Å². The van der Waals surface area contributed by atoms with Crippen LogP contribution >= 0.6 is 22.6 Å². The fourth-order valence-corrected chi connectivity index (χ4v) is 2.46. The monoisotopic (exact) mass is 370 g/mol. The highest BCUT2D eigenvalue weighted by molar-refractivity contribution is 14.1. The minimum atomic E-state index is -0.672. The van der Waals surface area contributed by atoms with E-state index in [0.29, 0.717) is 11.5 Å². The van der Waals surface area contributed by atoms with E-state index >= 15 is 0 Å². The zero-order chi connectivity index (χ0) is 13.8. The second-order valence-corrected chi connectivity index (χ2v) is 5.32. The molecule has 0 aliphatic heterocycles. The van der Waals surface area contributed by atoms with Gasteiger partial charge in [-0.05, 0) is 58.0 Å². The second kappa shape index (κ2) is 6.25. The summed E-state index contributed by atoms with van der Waals surface area (Å²) < 4.78 is 11.5. The Kier molecular flexibility index (Phi) is 4.66. The van der Waals surface area contributed by atoms with Crippen molar-refractivity contribution in [2.24, 2.45) is 0 Å². The molecular formula is C15H15IO3. The topological polar surface area (TPSA) is 38.7 Å². The summed E-state index contributed by atoms with van der Waals surface area (Å²) in [5.41, 5.74) is 1.64. The molecule has 0 aromatic heterocycles. The third-order valence-corrected chi connectivity index (χ3v) is 3.56. The summed E-state index contributed by atoms with van der Waals surface area (Å²) in [6.07, 6.45) is -0.672. The van der Waals surface area contributed by atoms with E-state index in [1.54, 1.807) is 26.4 Å². The van der Waals surface area contributed by atoms with Crippen LogP contribution in [0.3, 0.4) is 0 Å². The van der Waals surface area contributed by atoms with Crippen molar-refractivity contribution in [2.75, 3.05) is 14.2 Å². The molecule has 3 nitrogen and oxygen atoms in total. The lowest BCUT2D eigenvalue weighted by atomic mass is 10.0. The van der Waals surface area contributed by atoms with Gasteiger partial charge in [0.25, 0.3) is 0 Å². The summed E-state index contributed by atoms with van der Waals surface area (Å²) in [6, 6.07) is 13.2. The molecule has 2 aromatic rings. The number of rotatable bonds is 4. The summed E-state index contributed by atoms with van der Waals surface area (Å²) in [5, 5.41) is 10.4. The van der Waals surface area contributed by atoms with Crippen LogP contribution in [0.5, 0.6) is 11.5 Å². The Morgan fingerprint density at radius 2 is 1.63 bits per heavy atom. The van der Waals surface area contributed by atoms with E-state index in [1.807, 2.05) is 30.3 Å². The first-order valence-corrected chi connectivity index (χ1v) is 6.89. The van der Waals surface area contributed by atoms with Gasteiger partial charge in [-0.1, -0.05) is 18.2 Å². The minimum absolute atomic E-state index is 0.615. The van der Waals surface area contributed by atoms with Crippen LogP contribution in [-0.4, -0.2) is 19.3 Å². The molecule has 0 saturated heterocycles. The van der Waals surface area contributed by atoms with E-state index in [4.69, 9.17) is 9.47 Å². The van der Waals surface area contributed by atoms with E-state index in [9.17, 15) is 5.11 Å². The average molecular weight is 370 g/mol. The van der Waals surface area contributed by atoms with Crippen molar-refractivity contribution in [1.82, 2.24) is 0 Å². The molecule has 0 aliphatic carbocycles. The van der Waals surface area contributed by atoms with Crippen molar-refractivity contribution in [1.29, 1.82) is 0 Å². The summed E-state index contributed by atoms with van der Waals surface area (Å²) in [7, 11) is 3.17. The van der Waals surface area contributed by atoms with Gasteiger partial charge >= 0.3 is 0 Å².